The molecule has 0 spiro atoms. The lowest BCUT2D eigenvalue weighted by Gasteiger charge is -2.28. The van der Waals surface area contributed by atoms with E-state index in [-0.39, 0.29) is 29.4 Å². The summed E-state index contributed by atoms with van der Waals surface area (Å²) in [6, 6.07) is 10.7. The van der Waals surface area contributed by atoms with Crippen LogP contribution in [-0.4, -0.2) is 19.0 Å². The zero-order chi connectivity index (χ0) is 14.4. The highest BCUT2D eigenvalue weighted by atomic mass is 127. The van der Waals surface area contributed by atoms with Gasteiger partial charge in [0, 0.05) is 12.0 Å². The van der Waals surface area contributed by atoms with Gasteiger partial charge in [0.25, 0.3) is 0 Å². The third-order valence-corrected chi connectivity index (χ3v) is 4.07. The predicted molar refractivity (Wildman–Crippen MR) is 101 cm³/mol. The van der Waals surface area contributed by atoms with Gasteiger partial charge in [0.1, 0.15) is 0 Å². The molecule has 0 atom stereocenters. The fourth-order valence-corrected chi connectivity index (χ4v) is 2.92. The van der Waals surface area contributed by atoms with E-state index in [0.717, 1.165) is 12.1 Å². The number of hydrogen-bond donors (Lipinski definition) is 2. The lowest BCUT2D eigenvalue weighted by Crippen LogP contribution is -2.35. The van der Waals surface area contributed by atoms with Gasteiger partial charge in [-0.2, -0.15) is 0 Å². The van der Waals surface area contributed by atoms with E-state index < -0.39 is 0 Å². The Bertz CT molecular complexity index is 476. The van der Waals surface area contributed by atoms with Gasteiger partial charge in [-0.25, -0.2) is 0 Å². The summed E-state index contributed by atoms with van der Waals surface area (Å²) in [6.07, 6.45) is 4.97. The van der Waals surface area contributed by atoms with E-state index >= 15 is 0 Å². The standard InChI is InChI=1S/C17H25N3.HI/c1-14(2)12-19-16(18)20-13-17(10-6-7-11-17)15-8-4-3-5-9-15;/h3-5,8-9H,1,6-7,10-13H2,2H3,(H3,18,19,20);1H. The van der Waals surface area contributed by atoms with Crippen LogP contribution in [0.25, 0.3) is 0 Å². The van der Waals surface area contributed by atoms with Crippen LogP contribution in [0.5, 0.6) is 0 Å². The molecule has 1 aromatic carbocycles. The van der Waals surface area contributed by atoms with E-state index in [9.17, 15) is 0 Å². The van der Waals surface area contributed by atoms with Gasteiger partial charge in [0.05, 0.1) is 6.54 Å². The number of hydrogen-bond acceptors (Lipinski definition) is 1. The van der Waals surface area contributed by atoms with E-state index in [1.54, 1.807) is 0 Å². The molecule has 1 aliphatic carbocycles. The SMILES string of the molecule is C=C(C)CNC(N)=NCC1(c2ccccc2)CCCC1.I. The van der Waals surface area contributed by atoms with Crippen LogP contribution in [0, 0.1) is 0 Å². The van der Waals surface area contributed by atoms with Gasteiger partial charge in [-0.15, -0.1) is 24.0 Å². The minimum absolute atomic E-state index is 0. The van der Waals surface area contributed by atoms with Crippen LogP contribution in [0.1, 0.15) is 38.2 Å². The van der Waals surface area contributed by atoms with Crippen LogP contribution in [0.3, 0.4) is 0 Å². The Morgan fingerprint density at radius 1 is 1.29 bits per heavy atom. The van der Waals surface area contributed by atoms with Gasteiger partial charge in [0.15, 0.2) is 5.96 Å². The Hall–Kier alpha value is -1.04. The molecular weight excluding hydrogens is 373 g/mol. The highest BCUT2D eigenvalue weighted by molar-refractivity contribution is 14.0. The molecule has 1 fully saturated rings. The summed E-state index contributed by atoms with van der Waals surface area (Å²) in [6.45, 7) is 7.29. The number of nitrogens with one attached hydrogen (secondary N) is 1. The lowest BCUT2D eigenvalue weighted by atomic mass is 9.79. The first-order valence-corrected chi connectivity index (χ1v) is 7.36. The molecule has 0 heterocycles. The van der Waals surface area contributed by atoms with Gasteiger partial charge in [0.2, 0.25) is 0 Å². The van der Waals surface area contributed by atoms with Crippen molar-refractivity contribution in [3.63, 3.8) is 0 Å². The summed E-state index contributed by atoms with van der Waals surface area (Å²) in [7, 11) is 0. The van der Waals surface area contributed by atoms with E-state index in [2.05, 4.69) is 47.2 Å². The molecule has 0 aliphatic heterocycles. The van der Waals surface area contributed by atoms with Crippen molar-refractivity contribution in [2.24, 2.45) is 10.7 Å². The minimum atomic E-state index is 0. The van der Waals surface area contributed by atoms with Crippen LogP contribution in [-0.2, 0) is 5.41 Å². The molecule has 2 rings (SSSR count). The normalized spacial score (nSPS) is 17.1. The average Bonchev–Trinajstić information content (AvgIpc) is 2.94. The molecule has 0 amide bonds. The molecule has 3 N–H and O–H groups in total. The molecule has 3 nitrogen and oxygen atoms in total. The Balaban J connectivity index is 0.00000220. The third-order valence-electron chi connectivity index (χ3n) is 4.07. The highest BCUT2D eigenvalue weighted by Gasteiger charge is 2.35. The van der Waals surface area contributed by atoms with Gasteiger partial charge in [-0.3, -0.25) is 4.99 Å². The molecule has 0 unspecified atom stereocenters. The molecular formula is C17H26IN3. The smallest absolute Gasteiger partial charge is 0.188 e. The number of aliphatic imine (C=N–C) groups is 1. The first-order valence-electron chi connectivity index (χ1n) is 7.36. The molecule has 4 heteroatoms. The molecule has 0 bridgehead atoms. The molecule has 0 radical (unpaired) electrons. The number of nitrogens with zero attached hydrogens (tertiary/aromatic N) is 1. The van der Waals surface area contributed by atoms with E-state index in [1.807, 2.05) is 6.92 Å². The van der Waals surface area contributed by atoms with Crippen LogP contribution >= 0.6 is 24.0 Å². The second-order valence-corrected chi connectivity index (χ2v) is 5.87. The summed E-state index contributed by atoms with van der Waals surface area (Å²) in [5.41, 5.74) is 8.57. The van der Waals surface area contributed by atoms with Gasteiger partial charge in [-0.05, 0) is 25.3 Å². The van der Waals surface area contributed by atoms with Gasteiger partial charge >= 0.3 is 0 Å². The molecule has 116 valence electrons. The maximum atomic E-state index is 5.93. The van der Waals surface area contributed by atoms with E-state index in [1.165, 1.54) is 31.2 Å². The summed E-state index contributed by atoms with van der Waals surface area (Å²) < 4.78 is 0. The van der Waals surface area contributed by atoms with Gasteiger partial charge < -0.3 is 11.1 Å². The molecule has 0 aromatic heterocycles. The first-order chi connectivity index (χ1) is 9.62. The zero-order valence-corrected chi connectivity index (χ0v) is 15.1. The van der Waals surface area contributed by atoms with Crippen LogP contribution in [0.15, 0.2) is 47.5 Å². The Morgan fingerprint density at radius 3 is 2.48 bits per heavy atom. The van der Waals surface area contributed by atoms with Crippen molar-refractivity contribution in [1.29, 1.82) is 0 Å². The van der Waals surface area contributed by atoms with Crippen molar-refractivity contribution in [2.45, 2.75) is 38.0 Å². The number of halogens is 1. The number of nitrogens with two attached hydrogens (primary N) is 1. The zero-order valence-electron chi connectivity index (χ0n) is 12.8. The Kier molecular flexibility index (Phi) is 7.22. The van der Waals surface area contributed by atoms with Crippen LogP contribution in [0.4, 0.5) is 0 Å². The van der Waals surface area contributed by atoms with Crippen molar-refractivity contribution in [3.8, 4) is 0 Å². The number of rotatable bonds is 5. The number of benzene rings is 1. The quantitative estimate of drug-likeness (QED) is 0.344. The molecule has 0 saturated heterocycles. The second kappa shape index (κ2) is 8.41. The second-order valence-electron chi connectivity index (χ2n) is 5.87. The lowest BCUT2D eigenvalue weighted by molar-refractivity contribution is 0.453. The van der Waals surface area contributed by atoms with Crippen molar-refractivity contribution < 1.29 is 0 Å². The summed E-state index contributed by atoms with van der Waals surface area (Å²) >= 11 is 0. The topological polar surface area (TPSA) is 50.4 Å². The predicted octanol–water partition coefficient (Wildman–Crippen LogP) is 3.60. The molecule has 21 heavy (non-hydrogen) atoms. The van der Waals surface area contributed by atoms with Crippen molar-refractivity contribution >= 4 is 29.9 Å². The molecule has 1 aliphatic rings. The molecule has 1 saturated carbocycles. The monoisotopic (exact) mass is 399 g/mol. The first kappa shape index (κ1) is 18.0. The van der Waals surface area contributed by atoms with E-state index in [4.69, 9.17) is 5.73 Å². The minimum Gasteiger partial charge on any atom is -0.370 e. The fraction of sp³-hybridized carbons (Fsp3) is 0.471. The average molecular weight is 399 g/mol. The summed E-state index contributed by atoms with van der Waals surface area (Å²) in [5, 5.41) is 3.10. The fourth-order valence-electron chi connectivity index (χ4n) is 2.92. The van der Waals surface area contributed by atoms with Crippen molar-refractivity contribution in [1.82, 2.24) is 5.32 Å². The third kappa shape index (κ3) is 5.02. The summed E-state index contributed by atoms with van der Waals surface area (Å²) in [4.78, 5) is 4.57. The maximum absolute atomic E-state index is 5.93. The van der Waals surface area contributed by atoms with Crippen molar-refractivity contribution in [2.75, 3.05) is 13.1 Å². The largest absolute Gasteiger partial charge is 0.370 e. The van der Waals surface area contributed by atoms with E-state index in [0.29, 0.717) is 12.5 Å². The Morgan fingerprint density at radius 2 is 1.90 bits per heavy atom. The van der Waals surface area contributed by atoms with Crippen LogP contribution < -0.4 is 11.1 Å². The van der Waals surface area contributed by atoms with Crippen LogP contribution in [0.2, 0.25) is 0 Å². The highest BCUT2D eigenvalue weighted by Crippen LogP contribution is 2.41. The van der Waals surface area contributed by atoms with Crippen molar-refractivity contribution in [3.05, 3.63) is 48.0 Å². The maximum Gasteiger partial charge on any atom is 0.188 e. The molecule has 1 aromatic rings. The summed E-state index contributed by atoms with van der Waals surface area (Å²) in [5.74, 6) is 0.523. The van der Waals surface area contributed by atoms with Gasteiger partial charge in [-0.1, -0.05) is 55.3 Å². The number of guanidine groups is 1. The Labute approximate surface area is 145 Å².